The first-order chi connectivity index (χ1) is 6.97. The molecule has 0 saturated heterocycles. The van der Waals surface area contributed by atoms with E-state index in [1.165, 1.54) is 19.2 Å². The molecule has 0 heterocycles. The Kier molecular flexibility index (Phi) is 3.19. The van der Waals surface area contributed by atoms with Crippen molar-refractivity contribution in [3.05, 3.63) is 23.3 Å². The minimum Gasteiger partial charge on any atom is -0.508 e. The minimum atomic E-state index is -0.915. The van der Waals surface area contributed by atoms with Crippen molar-refractivity contribution in [1.82, 2.24) is 0 Å². The Balaban J connectivity index is 3.32. The van der Waals surface area contributed by atoms with Gasteiger partial charge in [-0.25, -0.2) is 0 Å². The zero-order valence-corrected chi connectivity index (χ0v) is 8.94. The number of hydrogen-bond acceptors (Lipinski definition) is 3. The molecule has 0 fully saturated rings. The summed E-state index contributed by atoms with van der Waals surface area (Å²) in [4.78, 5) is 10.9. The quantitative estimate of drug-likeness (QED) is 0.799. The second kappa shape index (κ2) is 4.21. The molecule has 1 aromatic rings. The number of carboxylic acids is 1. The van der Waals surface area contributed by atoms with Gasteiger partial charge in [-0.1, -0.05) is 0 Å². The first-order valence-corrected chi connectivity index (χ1v) is 4.57. The van der Waals surface area contributed by atoms with Gasteiger partial charge < -0.3 is 14.9 Å². The predicted molar refractivity (Wildman–Crippen MR) is 55.4 cm³/mol. The van der Waals surface area contributed by atoms with Crippen LogP contribution in [0.2, 0.25) is 0 Å². The number of aliphatic carboxylic acids is 1. The van der Waals surface area contributed by atoms with Crippen molar-refractivity contribution in [2.75, 3.05) is 7.11 Å². The summed E-state index contributed by atoms with van der Waals surface area (Å²) in [5.41, 5.74) is 1.31. The summed E-state index contributed by atoms with van der Waals surface area (Å²) in [5.74, 6) is -1.09. The van der Waals surface area contributed by atoms with Crippen molar-refractivity contribution in [2.24, 2.45) is 0 Å². The number of carbonyl (C=O) groups is 1. The van der Waals surface area contributed by atoms with Crippen molar-refractivity contribution >= 4 is 5.97 Å². The molecule has 0 aromatic heterocycles. The SMILES string of the molecule is COc1cc(O)cc(C)c1C(C)C(=O)O. The molecule has 1 atom stereocenters. The van der Waals surface area contributed by atoms with Crippen LogP contribution in [-0.4, -0.2) is 23.3 Å². The maximum atomic E-state index is 10.9. The first-order valence-electron chi connectivity index (χ1n) is 4.57. The number of hydrogen-bond donors (Lipinski definition) is 2. The van der Waals surface area contributed by atoms with Gasteiger partial charge in [0.05, 0.1) is 13.0 Å². The minimum absolute atomic E-state index is 0.0747. The molecule has 4 heteroatoms. The smallest absolute Gasteiger partial charge is 0.310 e. The van der Waals surface area contributed by atoms with Crippen molar-refractivity contribution in [3.63, 3.8) is 0 Å². The van der Waals surface area contributed by atoms with E-state index < -0.39 is 11.9 Å². The Morgan fingerprint density at radius 1 is 1.47 bits per heavy atom. The van der Waals surface area contributed by atoms with E-state index in [-0.39, 0.29) is 5.75 Å². The van der Waals surface area contributed by atoms with Crippen molar-refractivity contribution in [1.29, 1.82) is 0 Å². The molecule has 0 aliphatic carbocycles. The number of benzene rings is 1. The summed E-state index contributed by atoms with van der Waals surface area (Å²) < 4.78 is 5.05. The lowest BCUT2D eigenvalue weighted by Crippen LogP contribution is -2.10. The molecule has 15 heavy (non-hydrogen) atoms. The number of carboxylic acid groups (broad SMARTS) is 1. The molecule has 4 nitrogen and oxygen atoms in total. The second-order valence-corrected chi connectivity index (χ2v) is 3.44. The summed E-state index contributed by atoms with van der Waals surface area (Å²) in [5, 5.41) is 18.3. The summed E-state index contributed by atoms with van der Waals surface area (Å²) >= 11 is 0. The lowest BCUT2D eigenvalue weighted by atomic mass is 9.95. The standard InChI is InChI=1S/C11H14O4/c1-6-4-8(12)5-9(15-3)10(6)7(2)11(13)14/h4-5,7,12H,1-3H3,(H,13,14). The molecule has 0 saturated carbocycles. The van der Waals surface area contributed by atoms with Crippen LogP contribution in [0.15, 0.2) is 12.1 Å². The van der Waals surface area contributed by atoms with Crippen LogP contribution in [0.1, 0.15) is 24.0 Å². The van der Waals surface area contributed by atoms with Gasteiger partial charge in [0.2, 0.25) is 0 Å². The Morgan fingerprint density at radius 2 is 2.07 bits per heavy atom. The third-order valence-electron chi connectivity index (χ3n) is 2.36. The molecule has 0 aliphatic rings. The highest BCUT2D eigenvalue weighted by molar-refractivity contribution is 5.77. The fourth-order valence-electron chi connectivity index (χ4n) is 1.59. The third kappa shape index (κ3) is 2.21. The molecule has 0 aliphatic heterocycles. The van der Waals surface area contributed by atoms with E-state index in [9.17, 15) is 9.90 Å². The van der Waals surface area contributed by atoms with E-state index in [0.29, 0.717) is 16.9 Å². The van der Waals surface area contributed by atoms with Gasteiger partial charge in [-0.2, -0.15) is 0 Å². The van der Waals surface area contributed by atoms with Crippen LogP contribution < -0.4 is 4.74 Å². The number of ether oxygens (including phenoxy) is 1. The molecule has 1 unspecified atom stereocenters. The topological polar surface area (TPSA) is 66.8 Å². The lowest BCUT2D eigenvalue weighted by Gasteiger charge is -2.15. The Morgan fingerprint density at radius 3 is 2.53 bits per heavy atom. The van der Waals surface area contributed by atoms with Crippen LogP contribution in [0.25, 0.3) is 0 Å². The fourth-order valence-corrected chi connectivity index (χ4v) is 1.59. The Bertz CT molecular complexity index is 384. The lowest BCUT2D eigenvalue weighted by molar-refractivity contribution is -0.138. The van der Waals surface area contributed by atoms with E-state index in [1.807, 2.05) is 0 Å². The van der Waals surface area contributed by atoms with Crippen LogP contribution >= 0.6 is 0 Å². The van der Waals surface area contributed by atoms with Gasteiger partial charge in [0.25, 0.3) is 0 Å². The van der Waals surface area contributed by atoms with Gasteiger partial charge in [0.1, 0.15) is 11.5 Å². The zero-order valence-electron chi connectivity index (χ0n) is 8.94. The van der Waals surface area contributed by atoms with E-state index in [1.54, 1.807) is 13.8 Å². The van der Waals surface area contributed by atoms with E-state index in [4.69, 9.17) is 9.84 Å². The molecular weight excluding hydrogens is 196 g/mol. The van der Waals surface area contributed by atoms with Gasteiger partial charge in [0.15, 0.2) is 0 Å². The summed E-state index contributed by atoms with van der Waals surface area (Å²) in [6, 6.07) is 2.94. The Hall–Kier alpha value is -1.71. The summed E-state index contributed by atoms with van der Waals surface area (Å²) in [6.45, 7) is 3.33. The molecule has 82 valence electrons. The number of rotatable bonds is 3. The Labute approximate surface area is 88.1 Å². The molecule has 0 bridgehead atoms. The second-order valence-electron chi connectivity index (χ2n) is 3.44. The number of aryl methyl sites for hydroxylation is 1. The maximum absolute atomic E-state index is 10.9. The largest absolute Gasteiger partial charge is 0.508 e. The van der Waals surface area contributed by atoms with Crippen LogP contribution in [0.3, 0.4) is 0 Å². The molecule has 1 aromatic carbocycles. The summed E-state index contributed by atoms with van der Waals surface area (Å²) in [7, 11) is 1.45. The van der Waals surface area contributed by atoms with Crippen LogP contribution in [0.5, 0.6) is 11.5 Å². The molecule has 2 N–H and O–H groups in total. The predicted octanol–water partition coefficient (Wildman–Crippen LogP) is 1.90. The van der Waals surface area contributed by atoms with Gasteiger partial charge >= 0.3 is 5.97 Å². The normalized spacial score (nSPS) is 12.2. The fraction of sp³-hybridized carbons (Fsp3) is 0.364. The van der Waals surface area contributed by atoms with E-state index >= 15 is 0 Å². The molecule has 1 rings (SSSR count). The van der Waals surface area contributed by atoms with Crippen molar-refractivity contribution < 1.29 is 19.7 Å². The average Bonchev–Trinajstić information content (AvgIpc) is 2.15. The zero-order chi connectivity index (χ0) is 11.6. The van der Waals surface area contributed by atoms with Gasteiger partial charge in [-0.3, -0.25) is 4.79 Å². The number of aromatic hydroxyl groups is 1. The number of methoxy groups -OCH3 is 1. The average molecular weight is 210 g/mol. The molecule has 0 spiro atoms. The van der Waals surface area contributed by atoms with Crippen molar-refractivity contribution in [3.8, 4) is 11.5 Å². The molecule has 0 amide bonds. The van der Waals surface area contributed by atoms with E-state index in [2.05, 4.69) is 0 Å². The maximum Gasteiger partial charge on any atom is 0.310 e. The number of phenolic OH excluding ortho intramolecular Hbond substituents is 1. The van der Waals surface area contributed by atoms with Crippen LogP contribution in [-0.2, 0) is 4.79 Å². The first kappa shape index (κ1) is 11.4. The molecule has 0 radical (unpaired) electrons. The number of phenols is 1. The van der Waals surface area contributed by atoms with Gasteiger partial charge in [0, 0.05) is 11.6 Å². The van der Waals surface area contributed by atoms with Gasteiger partial charge in [-0.15, -0.1) is 0 Å². The highest BCUT2D eigenvalue weighted by Crippen LogP contribution is 2.33. The molecular formula is C11H14O4. The summed E-state index contributed by atoms with van der Waals surface area (Å²) in [6.07, 6.45) is 0. The monoisotopic (exact) mass is 210 g/mol. The third-order valence-corrected chi connectivity index (χ3v) is 2.36. The van der Waals surface area contributed by atoms with E-state index in [0.717, 1.165) is 0 Å². The highest BCUT2D eigenvalue weighted by Gasteiger charge is 2.21. The van der Waals surface area contributed by atoms with Gasteiger partial charge in [-0.05, 0) is 25.5 Å². The highest BCUT2D eigenvalue weighted by atomic mass is 16.5. The van der Waals surface area contributed by atoms with Crippen LogP contribution in [0, 0.1) is 6.92 Å². The van der Waals surface area contributed by atoms with Crippen LogP contribution in [0.4, 0.5) is 0 Å². The van der Waals surface area contributed by atoms with Crippen molar-refractivity contribution in [2.45, 2.75) is 19.8 Å².